The summed E-state index contributed by atoms with van der Waals surface area (Å²) in [6.07, 6.45) is 2.73. The van der Waals surface area contributed by atoms with Crippen molar-refractivity contribution in [1.82, 2.24) is 4.98 Å². The van der Waals surface area contributed by atoms with Crippen molar-refractivity contribution in [2.24, 2.45) is 5.92 Å². The van der Waals surface area contributed by atoms with Gasteiger partial charge in [-0.1, -0.05) is 56.7 Å². The molecule has 0 radical (unpaired) electrons. The molecule has 46 heavy (non-hydrogen) atoms. The highest BCUT2D eigenvalue weighted by atomic mass is 32.1. The zero-order chi connectivity index (χ0) is 32.8. The van der Waals surface area contributed by atoms with E-state index in [1.165, 1.54) is 16.2 Å². The smallest absolute Gasteiger partial charge is 0.301 e. The van der Waals surface area contributed by atoms with Gasteiger partial charge in [0.05, 0.1) is 48.8 Å². The summed E-state index contributed by atoms with van der Waals surface area (Å²) in [6.45, 7) is 9.78. The molecule has 3 aromatic carbocycles. The van der Waals surface area contributed by atoms with E-state index in [9.17, 15) is 14.7 Å². The Balaban J connectivity index is 1.63. The number of methoxy groups -OCH3 is 1. The van der Waals surface area contributed by atoms with Crippen molar-refractivity contribution in [2.75, 3.05) is 31.8 Å². The topological polar surface area (TPSA) is 107 Å². The minimum Gasteiger partial charge on any atom is -0.507 e. The number of hydrogen-bond donors (Lipinski definition) is 1. The van der Waals surface area contributed by atoms with Gasteiger partial charge in [0.2, 0.25) is 0 Å². The number of amides is 1. The molecule has 0 aliphatic carbocycles. The highest BCUT2D eigenvalue weighted by Crippen LogP contribution is 2.46. The summed E-state index contributed by atoms with van der Waals surface area (Å²) in [4.78, 5) is 33.8. The van der Waals surface area contributed by atoms with Crippen molar-refractivity contribution in [3.63, 3.8) is 0 Å². The minimum absolute atomic E-state index is 0.0551. The first kappa shape index (κ1) is 32.8. The van der Waals surface area contributed by atoms with Gasteiger partial charge in [0.1, 0.15) is 17.3 Å². The fraction of sp³-hybridized carbons (Fsp3) is 0.361. The van der Waals surface area contributed by atoms with Crippen molar-refractivity contribution in [1.29, 1.82) is 0 Å². The van der Waals surface area contributed by atoms with Crippen molar-refractivity contribution < 1.29 is 33.6 Å². The van der Waals surface area contributed by atoms with E-state index in [1.54, 1.807) is 49.6 Å². The van der Waals surface area contributed by atoms with Crippen LogP contribution in [-0.4, -0.2) is 48.7 Å². The highest BCUT2D eigenvalue weighted by molar-refractivity contribution is 7.22. The van der Waals surface area contributed by atoms with Gasteiger partial charge in [-0.05, 0) is 73.7 Å². The van der Waals surface area contributed by atoms with Crippen LogP contribution in [0, 0.1) is 5.92 Å². The molecular weight excluding hydrogens is 604 g/mol. The number of unbranched alkanes of at least 4 members (excludes halogenated alkanes) is 1. The predicted molar refractivity (Wildman–Crippen MR) is 180 cm³/mol. The highest BCUT2D eigenvalue weighted by Gasteiger charge is 2.48. The molecule has 4 aromatic rings. The van der Waals surface area contributed by atoms with Gasteiger partial charge < -0.3 is 24.1 Å². The summed E-state index contributed by atoms with van der Waals surface area (Å²) >= 11 is 1.27. The fourth-order valence-electron chi connectivity index (χ4n) is 5.20. The van der Waals surface area contributed by atoms with Crippen molar-refractivity contribution >= 4 is 44.1 Å². The lowest BCUT2D eigenvalue weighted by atomic mass is 9.95. The number of ether oxygens (including phenoxy) is 4. The summed E-state index contributed by atoms with van der Waals surface area (Å²) in [5.74, 6) is 0.800. The molecule has 1 unspecified atom stereocenters. The number of carbonyl (C=O) groups excluding carboxylic acids is 2. The van der Waals surface area contributed by atoms with E-state index in [-0.39, 0.29) is 11.3 Å². The molecule has 1 aliphatic heterocycles. The van der Waals surface area contributed by atoms with E-state index in [2.05, 4.69) is 20.8 Å². The van der Waals surface area contributed by atoms with Crippen LogP contribution < -0.4 is 23.8 Å². The average Bonchev–Trinajstić information content (AvgIpc) is 3.58. The number of ketones is 1. The van der Waals surface area contributed by atoms with Gasteiger partial charge in [0.25, 0.3) is 5.78 Å². The summed E-state index contributed by atoms with van der Waals surface area (Å²) in [7, 11) is 1.54. The number of fused-ring (bicyclic) bond motifs is 1. The van der Waals surface area contributed by atoms with Crippen LogP contribution in [0.25, 0.3) is 16.0 Å². The summed E-state index contributed by atoms with van der Waals surface area (Å²) in [5.41, 5.74) is 1.52. The molecule has 1 atom stereocenters. The standard InChI is InChI=1S/C36H40N2O7S/c1-6-8-17-44-25-11-9-10-24(19-25)33(39)31-32(23-12-15-28(29(20-23)42-5)45-18-16-22(3)4)38(35(41)34(31)40)36-37-27-14-13-26(43-7-2)21-30(27)46-36/h9-15,19-22,32,39H,6-8,16-18H2,1-5H3/b33-31+. The molecule has 2 heterocycles. The average molecular weight is 645 g/mol. The Morgan fingerprint density at radius 3 is 2.50 bits per heavy atom. The van der Waals surface area contributed by atoms with Crippen LogP contribution in [0.1, 0.15) is 64.1 Å². The second kappa shape index (κ2) is 14.7. The molecule has 1 amide bonds. The van der Waals surface area contributed by atoms with Crippen LogP contribution in [0.15, 0.2) is 66.2 Å². The van der Waals surface area contributed by atoms with Gasteiger partial charge >= 0.3 is 5.91 Å². The Morgan fingerprint density at radius 2 is 1.76 bits per heavy atom. The first-order chi connectivity index (χ1) is 22.2. The number of hydrogen-bond acceptors (Lipinski definition) is 9. The predicted octanol–water partition coefficient (Wildman–Crippen LogP) is 7.93. The molecule has 242 valence electrons. The monoisotopic (exact) mass is 644 g/mol. The third-order valence-corrected chi connectivity index (χ3v) is 8.66. The molecule has 10 heteroatoms. The summed E-state index contributed by atoms with van der Waals surface area (Å²) in [6, 6.07) is 16.7. The molecule has 1 saturated heterocycles. The van der Waals surface area contributed by atoms with Crippen LogP contribution in [0.3, 0.4) is 0 Å². The number of rotatable bonds is 14. The van der Waals surface area contributed by atoms with E-state index >= 15 is 0 Å². The first-order valence-corrected chi connectivity index (χ1v) is 16.5. The molecule has 9 nitrogen and oxygen atoms in total. The summed E-state index contributed by atoms with van der Waals surface area (Å²) < 4.78 is 24.0. The van der Waals surface area contributed by atoms with Crippen molar-refractivity contribution in [3.8, 4) is 23.0 Å². The quantitative estimate of drug-likeness (QED) is 0.0638. The van der Waals surface area contributed by atoms with Gasteiger partial charge in [-0.15, -0.1) is 0 Å². The number of nitrogens with zero attached hydrogens (tertiary/aromatic N) is 2. The van der Waals surface area contributed by atoms with Crippen LogP contribution in [0.2, 0.25) is 0 Å². The van der Waals surface area contributed by atoms with Gasteiger partial charge in [0.15, 0.2) is 16.6 Å². The maximum atomic E-state index is 13.8. The van der Waals surface area contributed by atoms with Gasteiger partial charge in [0, 0.05) is 5.56 Å². The lowest BCUT2D eigenvalue weighted by Crippen LogP contribution is -2.29. The zero-order valence-electron chi connectivity index (χ0n) is 26.9. The molecule has 0 saturated carbocycles. The third kappa shape index (κ3) is 6.97. The molecule has 1 aliphatic rings. The summed E-state index contributed by atoms with van der Waals surface area (Å²) in [5, 5.41) is 12.0. The number of aliphatic hydroxyl groups excluding tert-OH is 1. The Labute approximate surface area is 273 Å². The van der Waals surface area contributed by atoms with Crippen LogP contribution in [0.4, 0.5) is 5.13 Å². The molecule has 5 rings (SSSR count). The number of aromatic nitrogens is 1. The maximum absolute atomic E-state index is 13.8. The van der Waals surface area contributed by atoms with E-state index in [0.29, 0.717) is 70.5 Å². The van der Waals surface area contributed by atoms with Gasteiger partial charge in [-0.25, -0.2) is 4.98 Å². The first-order valence-electron chi connectivity index (χ1n) is 15.6. The molecular formula is C36H40N2O7S. The molecule has 0 spiro atoms. The molecule has 1 fully saturated rings. The number of carbonyl (C=O) groups is 2. The zero-order valence-corrected chi connectivity index (χ0v) is 27.7. The lowest BCUT2D eigenvalue weighted by molar-refractivity contribution is -0.132. The SMILES string of the molecule is CCCCOc1cccc(/C(O)=C2\C(=O)C(=O)N(c3nc4ccc(OCC)cc4s3)C2c2ccc(OCCC(C)C)c(OC)c2)c1. The van der Waals surface area contributed by atoms with Crippen LogP contribution in [-0.2, 0) is 9.59 Å². The Bertz CT molecular complexity index is 1750. The van der Waals surface area contributed by atoms with Crippen LogP contribution in [0.5, 0.6) is 23.0 Å². The number of benzene rings is 3. The molecule has 1 N–H and O–H groups in total. The number of anilines is 1. The Kier molecular flexibility index (Phi) is 10.5. The number of aliphatic hydroxyl groups is 1. The van der Waals surface area contributed by atoms with E-state index in [0.717, 1.165) is 24.0 Å². The molecule has 1 aromatic heterocycles. The maximum Gasteiger partial charge on any atom is 0.301 e. The largest absolute Gasteiger partial charge is 0.507 e. The number of thiazole rings is 1. The van der Waals surface area contributed by atoms with Gasteiger partial charge in [-0.2, -0.15) is 0 Å². The third-order valence-electron chi connectivity index (χ3n) is 7.64. The second-order valence-corrected chi connectivity index (χ2v) is 12.4. The van der Waals surface area contributed by atoms with E-state index in [4.69, 9.17) is 23.9 Å². The lowest BCUT2D eigenvalue weighted by Gasteiger charge is -2.24. The number of Topliss-reactive ketones (excluding diaryl/α,β-unsaturated/α-hetero) is 1. The normalized spacial score (nSPS) is 16.0. The van der Waals surface area contributed by atoms with Crippen molar-refractivity contribution in [3.05, 3.63) is 77.4 Å². The Hall–Kier alpha value is -4.57. The van der Waals surface area contributed by atoms with Crippen molar-refractivity contribution in [2.45, 2.75) is 53.0 Å². The fourth-order valence-corrected chi connectivity index (χ4v) is 6.22. The molecule has 0 bridgehead atoms. The second-order valence-electron chi connectivity index (χ2n) is 11.4. The minimum atomic E-state index is -0.991. The van der Waals surface area contributed by atoms with E-state index in [1.807, 2.05) is 25.1 Å². The van der Waals surface area contributed by atoms with Gasteiger partial charge in [-0.3, -0.25) is 14.5 Å². The Morgan fingerprint density at radius 1 is 0.957 bits per heavy atom. The van der Waals surface area contributed by atoms with E-state index < -0.39 is 17.7 Å². The van der Waals surface area contributed by atoms with Crippen LogP contribution >= 0.6 is 11.3 Å².